The number of anilines is 6. The van der Waals surface area contributed by atoms with E-state index >= 15 is 0 Å². The van der Waals surface area contributed by atoms with Crippen molar-refractivity contribution in [1.29, 1.82) is 0 Å². The van der Waals surface area contributed by atoms with E-state index in [1.54, 1.807) is 75.5 Å². The number of hydrogen-bond donors (Lipinski definition) is 6. The van der Waals surface area contributed by atoms with Crippen molar-refractivity contribution in [2.75, 3.05) is 23.1 Å². The van der Waals surface area contributed by atoms with Gasteiger partial charge in [-0.25, -0.2) is 15.0 Å². The fourth-order valence-corrected chi connectivity index (χ4v) is 10.2. The number of halogens is 5. The summed E-state index contributed by atoms with van der Waals surface area (Å²) < 4.78 is 49.1. The van der Waals surface area contributed by atoms with E-state index in [-0.39, 0.29) is 31.0 Å². The lowest BCUT2D eigenvalue weighted by molar-refractivity contribution is -0.137. The van der Waals surface area contributed by atoms with Gasteiger partial charge in [0.05, 0.1) is 69.8 Å². The first-order chi connectivity index (χ1) is 37.6. The summed E-state index contributed by atoms with van der Waals surface area (Å²) in [5, 5.41) is 28.1. The number of benzene rings is 3. The standard InChI is InChI=1S/C21H16F3N5O2S.C16H12Cl2N4OS.C16H15N3O2S/c1-12-8-16(29-31-12)19(30)26-11-17-18(13-4-3-7-25-10-13)28-20(32-17)27-15-6-2-5-14(9-15)21(22,23)24;17-10-1-2-11(18)12(7-10)21-16-22-15(9-3-5-20-6-4-9)13(24-16)8-14(19)23;1-21-13-4-2-12(3-5-13)18-16-19-15(14(10-20)22-16)11-6-8-17-9-7-11/h2-10H,11H2,1H3,(H,26,30)(H,27,28);1-7H,8H2,(H2,19,23)(H,21,22);2-9,20H,10H2,1H3,(H,18,19). The van der Waals surface area contributed by atoms with Crippen molar-refractivity contribution in [3.63, 3.8) is 0 Å². The minimum absolute atomic E-state index is 0.0420. The number of carbonyl (C=O) groups is 2. The Labute approximate surface area is 465 Å². The number of amides is 2. The van der Waals surface area contributed by atoms with E-state index < -0.39 is 23.6 Å². The third-order valence-corrected chi connectivity index (χ3v) is 14.1. The van der Waals surface area contributed by atoms with Gasteiger partial charge in [-0.05, 0) is 104 Å². The van der Waals surface area contributed by atoms with Gasteiger partial charge in [0.2, 0.25) is 5.91 Å². The number of carbonyl (C=O) groups excluding carboxylic acids is 2. The van der Waals surface area contributed by atoms with E-state index in [1.807, 2.05) is 54.6 Å². The Bertz CT molecular complexity index is 3610. The predicted octanol–water partition coefficient (Wildman–Crippen LogP) is 12.9. The molecule has 2 amide bonds. The van der Waals surface area contributed by atoms with E-state index in [0.29, 0.717) is 53.6 Å². The molecule has 10 aromatic rings. The summed E-state index contributed by atoms with van der Waals surface area (Å²) in [6.07, 6.45) is 5.67. The number of methoxy groups -OCH3 is 1. The Morgan fingerprint density at radius 3 is 1.90 bits per heavy atom. The third kappa shape index (κ3) is 15.2. The van der Waals surface area contributed by atoms with Crippen molar-refractivity contribution in [1.82, 2.24) is 40.4 Å². The minimum Gasteiger partial charge on any atom is -0.497 e. The largest absolute Gasteiger partial charge is 0.497 e. The highest BCUT2D eigenvalue weighted by atomic mass is 35.5. The lowest BCUT2D eigenvalue weighted by Gasteiger charge is -2.08. The van der Waals surface area contributed by atoms with Crippen LogP contribution in [0, 0.1) is 6.92 Å². The smallest absolute Gasteiger partial charge is 0.416 e. The van der Waals surface area contributed by atoms with Crippen LogP contribution in [-0.4, -0.2) is 59.1 Å². The Balaban J connectivity index is 0.000000158. The van der Waals surface area contributed by atoms with Gasteiger partial charge in [0.25, 0.3) is 5.91 Å². The number of alkyl halides is 3. The zero-order valence-corrected chi connectivity index (χ0v) is 44.8. The maximum absolute atomic E-state index is 13.0. The molecule has 0 aliphatic heterocycles. The van der Waals surface area contributed by atoms with Crippen LogP contribution in [0.25, 0.3) is 33.8 Å². The van der Waals surface area contributed by atoms with Crippen molar-refractivity contribution in [2.24, 2.45) is 5.73 Å². The number of nitrogens with one attached hydrogen (secondary N) is 4. The number of aryl methyl sites for hydroxylation is 1. The van der Waals surface area contributed by atoms with Gasteiger partial charge in [0.15, 0.2) is 21.1 Å². The molecule has 7 heterocycles. The molecule has 10 rings (SSSR count). The first-order valence-electron chi connectivity index (χ1n) is 23.0. The van der Waals surface area contributed by atoms with Gasteiger partial charge in [-0.15, -0.1) is 11.3 Å². The van der Waals surface area contributed by atoms with Crippen LogP contribution in [-0.2, 0) is 30.5 Å². The van der Waals surface area contributed by atoms with Crippen LogP contribution in [0.3, 0.4) is 0 Å². The second-order valence-corrected chi connectivity index (χ2v) is 20.3. The van der Waals surface area contributed by atoms with Crippen LogP contribution >= 0.6 is 57.2 Å². The molecule has 398 valence electrons. The summed E-state index contributed by atoms with van der Waals surface area (Å²) >= 11 is 16.2. The number of thiazole rings is 3. The van der Waals surface area contributed by atoms with Crippen LogP contribution in [0.2, 0.25) is 10.0 Å². The number of nitrogens with two attached hydrogens (primary N) is 1. The number of ether oxygens (including phenoxy) is 1. The molecule has 0 aliphatic rings. The molecule has 0 radical (unpaired) electrons. The maximum atomic E-state index is 13.0. The molecule has 0 atom stereocenters. The topological polar surface area (TPSA) is 241 Å². The number of aliphatic hydroxyl groups excluding tert-OH is 1. The van der Waals surface area contributed by atoms with Crippen molar-refractivity contribution < 1.29 is 37.1 Å². The van der Waals surface area contributed by atoms with Crippen molar-refractivity contribution in [2.45, 2.75) is 32.7 Å². The molecule has 0 bridgehead atoms. The highest BCUT2D eigenvalue weighted by Crippen LogP contribution is 2.38. The average Bonchev–Trinajstić information content (AvgIpc) is 4.29. The van der Waals surface area contributed by atoms with Crippen molar-refractivity contribution in [3.05, 3.63) is 188 Å². The molecule has 0 aliphatic carbocycles. The third-order valence-electron chi connectivity index (χ3n) is 10.6. The van der Waals surface area contributed by atoms with Gasteiger partial charge in [-0.2, -0.15) is 13.2 Å². The number of aliphatic hydroxyl groups is 1. The maximum Gasteiger partial charge on any atom is 0.416 e. The van der Waals surface area contributed by atoms with E-state index in [1.165, 1.54) is 52.2 Å². The van der Waals surface area contributed by atoms with Gasteiger partial charge in [0.1, 0.15) is 11.5 Å². The highest BCUT2D eigenvalue weighted by Gasteiger charge is 2.30. The van der Waals surface area contributed by atoms with Crippen molar-refractivity contribution >= 4 is 101 Å². The molecular formula is C53H43Cl2F3N12O5S3. The zero-order chi connectivity index (χ0) is 55.2. The van der Waals surface area contributed by atoms with Gasteiger partial charge in [0, 0.05) is 81.2 Å². The SMILES string of the molecule is COc1ccc(Nc2nc(-c3ccncc3)c(CO)s2)cc1.Cc1cc(C(=O)NCc2sc(Nc3cccc(C(F)(F)F)c3)nc2-c2cccnc2)no1.NC(=O)Cc1sc(Nc2cc(Cl)ccc2Cl)nc1-c1ccncc1. The second-order valence-electron chi connectivity index (χ2n) is 16.2. The number of hydrogen-bond acceptors (Lipinski definition) is 18. The molecule has 3 aromatic carbocycles. The highest BCUT2D eigenvalue weighted by molar-refractivity contribution is 7.16. The molecule has 0 saturated heterocycles. The summed E-state index contributed by atoms with van der Waals surface area (Å²) in [6.45, 7) is 1.77. The normalized spacial score (nSPS) is 10.9. The number of rotatable bonds is 16. The van der Waals surface area contributed by atoms with Crippen molar-refractivity contribution in [3.8, 4) is 39.5 Å². The Morgan fingerprint density at radius 1 is 0.692 bits per heavy atom. The summed E-state index contributed by atoms with van der Waals surface area (Å²) in [4.78, 5) is 51.7. The molecular weight excluding hydrogens is 1110 g/mol. The number of primary amides is 1. The van der Waals surface area contributed by atoms with E-state index in [9.17, 15) is 27.9 Å². The van der Waals surface area contributed by atoms with Crippen LogP contribution in [0.4, 0.5) is 45.6 Å². The quantitative estimate of drug-likeness (QED) is 0.0527. The monoisotopic (exact) mass is 1150 g/mol. The minimum atomic E-state index is -4.45. The summed E-state index contributed by atoms with van der Waals surface area (Å²) in [7, 11) is 1.64. The van der Waals surface area contributed by atoms with E-state index in [4.69, 9.17) is 38.2 Å². The fraction of sp³-hybridized carbons (Fsp3) is 0.113. The van der Waals surface area contributed by atoms with Crippen LogP contribution in [0.15, 0.2) is 151 Å². The summed E-state index contributed by atoms with van der Waals surface area (Å²) in [5.74, 6) is 0.482. The first-order valence-corrected chi connectivity index (χ1v) is 26.2. The van der Waals surface area contributed by atoms with E-state index in [0.717, 1.165) is 55.3 Å². The Hall–Kier alpha value is -8.32. The lowest BCUT2D eigenvalue weighted by Crippen LogP contribution is -2.22. The van der Waals surface area contributed by atoms with Gasteiger partial charge in [-0.1, -0.05) is 57.1 Å². The molecule has 0 unspecified atom stereocenters. The zero-order valence-electron chi connectivity index (χ0n) is 40.9. The second kappa shape index (κ2) is 26.2. The molecule has 7 aromatic heterocycles. The number of aromatic nitrogens is 7. The van der Waals surface area contributed by atoms with Crippen LogP contribution in [0.1, 0.15) is 36.4 Å². The molecule has 78 heavy (non-hydrogen) atoms. The Kier molecular flexibility index (Phi) is 18.7. The molecule has 17 nitrogen and oxygen atoms in total. The van der Waals surface area contributed by atoms with E-state index in [2.05, 4.69) is 56.3 Å². The molecule has 25 heteroatoms. The first kappa shape index (κ1) is 55.9. The number of pyridine rings is 3. The van der Waals surface area contributed by atoms with Crippen LogP contribution in [0.5, 0.6) is 5.75 Å². The fourth-order valence-electron chi connectivity index (χ4n) is 7.05. The molecule has 0 spiro atoms. The Morgan fingerprint density at radius 2 is 1.31 bits per heavy atom. The molecule has 0 saturated carbocycles. The predicted molar refractivity (Wildman–Crippen MR) is 298 cm³/mol. The molecule has 0 fully saturated rings. The summed E-state index contributed by atoms with van der Waals surface area (Å²) in [5.41, 5.74) is 11.1. The van der Waals surface area contributed by atoms with Gasteiger partial charge >= 0.3 is 6.18 Å². The molecule has 7 N–H and O–H groups in total. The lowest BCUT2D eigenvalue weighted by atomic mass is 10.1. The number of nitrogens with zero attached hydrogens (tertiary/aromatic N) is 7. The average molecular weight is 1150 g/mol. The van der Waals surface area contributed by atoms with Gasteiger partial charge in [-0.3, -0.25) is 24.5 Å². The van der Waals surface area contributed by atoms with Gasteiger partial charge < -0.3 is 41.4 Å². The summed E-state index contributed by atoms with van der Waals surface area (Å²) in [6, 6.07) is 30.1. The van der Waals surface area contributed by atoms with Crippen LogP contribution < -0.4 is 31.7 Å².